The number of esters is 1. The molecular weight excluding hydrogens is 346 g/mol. The second-order valence-corrected chi connectivity index (χ2v) is 7.44. The Hall–Kier alpha value is -2.54. The number of nitrogens with zero attached hydrogens (tertiary/aromatic N) is 1. The van der Waals surface area contributed by atoms with E-state index in [0.717, 1.165) is 13.1 Å². The number of amides is 1. The Morgan fingerprint density at radius 2 is 1.93 bits per heavy atom. The molecule has 1 aromatic carbocycles. The van der Waals surface area contributed by atoms with Crippen molar-refractivity contribution in [1.82, 2.24) is 9.88 Å². The Morgan fingerprint density at radius 1 is 1.22 bits per heavy atom. The van der Waals surface area contributed by atoms with E-state index in [0.29, 0.717) is 34.2 Å². The zero-order valence-corrected chi connectivity index (χ0v) is 16.3. The number of aromatic nitrogens is 1. The van der Waals surface area contributed by atoms with Crippen LogP contribution in [0.2, 0.25) is 0 Å². The number of hydrogen-bond donors (Lipinski definition) is 2. The molecule has 1 saturated heterocycles. The molecule has 2 heterocycles. The Morgan fingerprint density at radius 3 is 2.56 bits per heavy atom. The summed E-state index contributed by atoms with van der Waals surface area (Å²) in [6.07, 6.45) is 1.18. The number of methoxy groups -OCH3 is 2. The first-order valence-electron chi connectivity index (χ1n) is 9.22. The highest BCUT2D eigenvalue weighted by molar-refractivity contribution is 6.13. The van der Waals surface area contributed by atoms with Crippen molar-refractivity contribution in [2.75, 3.05) is 39.2 Å². The molecular formula is C20H27N3O4. The molecule has 7 heteroatoms. The van der Waals surface area contributed by atoms with Crippen LogP contribution in [0.5, 0.6) is 5.75 Å². The van der Waals surface area contributed by atoms with E-state index in [2.05, 4.69) is 29.0 Å². The summed E-state index contributed by atoms with van der Waals surface area (Å²) in [4.78, 5) is 30.1. The van der Waals surface area contributed by atoms with Gasteiger partial charge in [0.15, 0.2) is 0 Å². The lowest BCUT2D eigenvalue weighted by atomic mass is 9.92. The first kappa shape index (κ1) is 19.2. The third kappa shape index (κ3) is 4.08. The van der Waals surface area contributed by atoms with Gasteiger partial charge in [-0.05, 0) is 30.4 Å². The van der Waals surface area contributed by atoms with Crippen LogP contribution in [0.25, 0.3) is 10.9 Å². The zero-order valence-electron chi connectivity index (χ0n) is 16.3. The van der Waals surface area contributed by atoms with Crippen molar-refractivity contribution in [1.29, 1.82) is 0 Å². The number of carbonyl (C=O) groups excluding carboxylic acids is 2. The molecule has 1 aromatic heterocycles. The van der Waals surface area contributed by atoms with Crippen molar-refractivity contribution in [2.24, 2.45) is 11.8 Å². The van der Waals surface area contributed by atoms with Gasteiger partial charge in [0.05, 0.1) is 37.4 Å². The number of hydrogen-bond acceptors (Lipinski definition) is 5. The summed E-state index contributed by atoms with van der Waals surface area (Å²) in [5, 5.41) is 3.57. The molecule has 7 nitrogen and oxygen atoms in total. The Balaban J connectivity index is 1.88. The Kier molecular flexibility index (Phi) is 5.70. The summed E-state index contributed by atoms with van der Waals surface area (Å²) in [5.74, 6) is 1.02. The highest BCUT2D eigenvalue weighted by Crippen LogP contribution is 2.35. The molecule has 3 rings (SSSR count). The van der Waals surface area contributed by atoms with Gasteiger partial charge in [-0.15, -0.1) is 0 Å². The molecule has 0 saturated carbocycles. The number of likely N-dealkylation sites (tertiary alicyclic amines) is 1. The van der Waals surface area contributed by atoms with Crippen LogP contribution in [0.4, 0.5) is 5.69 Å². The monoisotopic (exact) mass is 373 g/mol. The van der Waals surface area contributed by atoms with Crippen molar-refractivity contribution in [3.8, 4) is 5.75 Å². The third-order valence-corrected chi connectivity index (χ3v) is 4.97. The number of piperidine rings is 1. The van der Waals surface area contributed by atoms with Gasteiger partial charge in [0.1, 0.15) is 11.4 Å². The van der Waals surface area contributed by atoms with Crippen LogP contribution in [0.15, 0.2) is 18.2 Å². The lowest BCUT2D eigenvalue weighted by molar-refractivity contribution is -0.117. The normalized spacial score (nSPS) is 20.4. The van der Waals surface area contributed by atoms with Crippen molar-refractivity contribution in [3.63, 3.8) is 0 Å². The average Bonchev–Trinajstić information content (AvgIpc) is 2.98. The first-order valence-corrected chi connectivity index (χ1v) is 9.22. The molecule has 2 aromatic rings. The molecule has 2 N–H and O–H groups in total. The third-order valence-electron chi connectivity index (χ3n) is 4.97. The van der Waals surface area contributed by atoms with Gasteiger partial charge in [0.25, 0.3) is 0 Å². The molecule has 27 heavy (non-hydrogen) atoms. The van der Waals surface area contributed by atoms with Crippen molar-refractivity contribution in [3.05, 3.63) is 23.9 Å². The summed E-state index contributed by atoms with van der Waals surface area (Å²) in [5.41, 5.74) is 1.31. The Bertz CT molecular complexity index is 835. The number of carbonyl (C=O) groups is 2. The minimum Gasteiger partial charge on any atom is -0.496 e. The van der Waals surface area contributed by atoms with E-state index < -0.39 is 5.97 Å². The number of rotatable bonds is 5. The van der Waals surface area contributed by atoms with E-state index in [-0.39, 0.29) is 18.1 Å². The van der Waals surface area contributed by atoms with Crippen LogP contribution in [0.1, 0.15) is 30.8 Å². The largest absolute Gasteiger partial charge is 0.496 e. The smallest absolute Gasteiger partial charge is 0.356 e. The van der Waals surface area contributed by atoms with Gasteiger partial charge in [-0.2, -0.15) is 0 Å². The number of H-pyrrole nitrogens is 1. The highest BCUT2D eigenvalue weighted by atomic mass is 16.5. The highest BCUT2D eigenvalue weighted by Gasteiger charge is 2.26. The van der Waals surface area contributed by atoms with Gasteiger partial charge in [0, 0.05) is 13.1 Å². The molecule has 0 unspecified atom stereocenters. The molecule has 0 bridgehead atoms. The average molecular weight is 373 g/mol. The minimum absolute atomic E-state index is 0.159. The van der Waals surface area contributed by atoms with Crippen LogP contribution >= 0.6 is 0 Å². The van der Waals surface area contributed by atoms with E-state index in [1.807, 2.05) is 12.1 Å². The summed E-state index contributed by atoms with van der Waals surface area (Å²) >= 11 is 0. The van der Waals surface area contributed by atoms with Crippen LogP contribution in [0, 0.1) is 11.8 Å². The van der Waals surface area contributed by atoms with Gasteiger partial charge in [0.2, 0.25) is 5.91 Å². The van der Waals surface area contributed by atoms with Gasteiger partial charge in [-0.1, -0.05) is 19.9 Å². The van der Waals surface area contributed by atoms with Gasteiger partial charge < -0.3 is 19.8 Å². The van der Waals surface area contributed by atoms with Crippen LogP contribution < -0.4 is 10.1 Å². The number of anilines is 1. The molecule has 1 amide bonds. The molecule has 1 fully saturated rings. The van der Waals surface area contributed by atoms with Crippen LogP contribution in [0.3, 0.4) is 0 Å². The molecule has 0 aliphatic carbocycles. The van der Waals surface area contributed by atoms with E-state index in [4.69, 9.17) is 9.47 Å². The topological polar surface area (TPSA) is 83.7 Å². The summed E-state index contributed by atoms with van der Waals surface area (Å²) in [7, 11) is 2.87. The minimum atomic E-state index is -0.538. The second-order valence-electron chi connectivity index (χ2n) is 7.44. The predicted molar refractivity (Wildman–Crippen MR) is 104 cm³/mol. The van der Waals surface area contributed by atoms with Crippen LogP contribution in [-0.4, -0.2) is 55.6 Å². The molecule has 1 aliphatic rings. The number of ether oxygens (including phenoxy) is 2. The number of aromatic amines is 1. The van der Waals surface area contributed by atoms with Gasteiger partial charge in [-0.3, -0.25) is 9.69 Å². The standard InChI is InChI=1S/C20H27N3O4/c1-12-8-13(2)10-23(9-12)11-16(24)22-18-17-14(6-5-7-15(17)26-3)21-19(18)20(25)27-4/h5-7,12-13,21H,8-11H2,1-4H3,(H,22,24)/t12-,13-/m0/s1. The van der Waals surface area contributed by atoms with Crippen molar-refractivity contribution >= 4 is 28.5 Å². The molecule has 146 valence electrons. The van der Waals surface area contributed by atoms with Crippen molar-refractivity contribution in [2.45, 2.75) is 20.3 Å². The lowest BCUT2D eigenvalue weighted by Gasteiger charge is -2.34. The fourth-order valence-corrected chi connectivity index (χ4v) is 4.07. The van der Waals surface area contributed by atoms with Gasteiger partial charge in [-0.25, -0.2) is 4.79 Å². The first-order chi connectivity index (χ1) is 12.9. The van der Waals surface area contributed by atoms with Crippen molar-refractivity contribution < 1.29 is 19.1 Å². The molecule has 1 aliphatic heterocycles. The molecule has 2 atom stereocenters. The fourth-order valence-electron chi connectivity index (χ4n) is 4.07. The number of fused-ring (bicyclic) bond motifs is 1. The van der Waals surface area contributed by atoms with E-state index >= 15 is 0 Å². The Labute approximate surface area is 159 Å². The van der Waals surface area contributed by atoms with Crippen LogP contribution in [-0.2, 0) is 9.53 Å². The maximum Gasteiger partial charge on any atom is 0.356 e. The predicted octanol–water partition coefficient (Wildman–Crippen LogP) is 2.88. The van der Waals surface area contributed by atoms with E-state index in [9.17, 15) is 9.59 Å². The summed E-state index contributed by atoms with van der Waals surface area (Å²) < 4.78 is 10.3. The number of benzene rings is 1. The maximum absolute atomic E-state index is 12.7. The zero-order chi connectivity index (χ0) is 19.6. The second kappa shape index (κ2) is 8.00. The van der Waals surface area contributed by atoms with E-state index in [1.54, 1.807) is 13.2 Å². The fraction of sp³-hybridized carbons (Fsp3) is 0.500. The van der Waals surface area contributed by atoms with E-state index in [1.165, 1.54) is 13.5 Å². The SMILES string of the molecule is COC(=O)c1[nH]c2cccc(OC)c2c1NC(=O)CN1C[C@@H](C)C[C@H](C)C1. The molecule has 0 spiro atoms. The number of nitrogens with one attached hydrogen (secondary N) is 2. The summed E-state index contributed by atoms with van der Waals surface area (Å²) in [6.45, 7) is 6.51. The quantitative estimate of drug-likeness (QED) is 0.788. The molecule has 0 radical (unpaired) electrons. The maximum atomic E-state index is 12.7. The lowest BCUT2D eigenvalue weighted by Crippen LogP contribution is -2.42. The summed E-state index contributed by atoms with van der Waals surface area (Å²) in [6, 6.07) is 5.44. The van der Waals surface area contributed by atoms with Gasteiger partial charge >= 0.3 is 5.97 Å².